The van der Waals surface area contributed by atoms with Crippen molar-refractivity contribution in [2.24, 2.45) is 0 Å². The van der Waals surface area contributed by atoms with Gasteiger partial charge in [0.15, 0.2) is 0 Å². The predicted molar refractivity (Wildman–Crippen MR) is 95.4 cm³/mol. The molecule has 0 bridgehead atoms. The summed E-state index contributed by atoms with van der Waals surface area (Å²) in [4.78, 5) is 10.7. The van der Waals surface area contributed by atoms with Gasteiger partial charge in [-0.3, -0.25) is 0 Å². The maximum Gasteiger partial charge on any atom is 0.254 e. The zero-order valence-corrected chi connectivity index (χ0v) is 15.3. The lowest BCUT2D eigenvalue weighted by Crippen LogP contribution is -2.45. The Morgan fingerprint density at radius 1 is 1.32 bits per heavy atom. The third-order valence-corrected chi connectivity index (χ3v) is 7.18. The van der Waals surface area contributed by atoms with Gasteiger partial charge in [0.25, 0.3) is 5.78 Å². The molecule has 0 aliphatic carbocycles. The highest BCUT2D eigenvalue weighted by Gasteiger charge is 2.26. The number of piperidine rings is 1. The lowest BCUT2D eigenvalue weighted by atomic mass is 10.1. The number of anilines is 1. The van der Waals surface area contributed by atoms with Gasteiger partial charge in [-0.25, -0.2) is 18.1 Å². The smallest absolute Gasteiger partial charge is 0.254 e. The van der Waals surface area contributed by atoms with Crippen LogP contribution in [0.3, 0.4) is 0 Å². The fourth-order valence-corrected chi connectivity index (χ4v) is 5.37. The monoisotopic (exact) mass is 378 g/mol. The van der Waals surface area contributed by atoms with Crippen molar-refractivity contribution in [1.29, 1.82) is 0 Å². The molecule has 1 aliphatic rings. The zero-order chi connectivity index (χ0) is 17.4. The Morgan fingerprint density at radius 3 is 2.84 bits per heavy atom. The molecule has 1 aliphatic heterocycles. The standard InChI is InChI=1S/C15H18N6O2S2/c1-11-9-13(21-15(18-11)16-10-17-21)20-6-4-12(5-7-20)19-25(22,23)14-3-2-8-24-14/h2-3,8-10,12,19H,4-7H2,1H3. The molecule has 132 valence electrons. The van der Waals surface area contributed by atoms with Crippen LogP contribution in [0.4, 0.5) is 5.82 Å². The highest BCUT2D eigenvalue weighted by molar-refractivity contribution is 7.91. The fraction of sp³-hybridized carbons (Fsp3) is 0.400. The first kappa shape index (κ1) is 16.4. The van der Waals surface area contributed by atoms with Gasteiger partial charge in [0.1, 0.15) is 16.4 Å². The first-order valence-electron chi connectivity index (χ1n) is 8.01. The van der Waals surface area contributed by atoms with E-state index in [1.807, 2.05) is 13.0 Å². The molecular weight excluding hydrogens is 360 g/mol. The number of nitrogens with zero attached hydrogens (tertiary/aromatic N) is 5. The number of hydrogen-bond acceptors (Lipinski definition) is 7. The van der Waals surface area contributed by atoms with E-state index in [0.717, 1.165) is 37.4 Å². The van der Waals surface area contributed by atoms with Crippen LogP contribution in [-0.2, 0) is 10.0 Å². The second kappa shape index (κ2) is 6.36. The molecule has 0 saturated carbocycles. The van der Waals surface area contributed by atoms with Crippen molar-refractivity contribution < 1.29 is 8.42 Å². The van der Waals surface area contributed by atoms with Crippen molar-refractivity contribution >= 4 is 33.0 Å². The molecule has 0 amide bonds. The van der Waals surface area contributed by atoms with E-state index < -0.39 is 10.0 Å². The van der Waals surface area contributed by atoms with E-state index in [9.17, 15) is 8.42 Å². The summed E-state index contributed by atoms with van der Waals surface area (Å²) in [6.07, 6.45) is 2.97. The Morgan fingerprint density at radius 2 is 2.12 bits per heavy atom. The second-order valence-corrected chi connectivity index (χ2v) is 8.93. The molecule has 0 aromatic carbocycles. The summed E-state index contributed by atoms with van der Waals surface area (Å²) in [6, 6.07) is 5.30. The molecule has 0 unspecified atom stereocenters. The Balaban J connectivity index is 1.47. The summed E-state index contributed by atoms with van der Waals surface area (Å²) in [5.74, 6) is 1.52. The average Bonchev–Trinajstić information content (AvgIpc) is 3.26. The minimum atomic E-state index is -3.42. The minimum Gasteiger partial charge on any atom is -0.356 e. The van der Waals surface area contributed by atoms with Crippen LogP contribution in [0.5, 0.6) is 0 Å². The SMILES string of the molecule is Cc1cc(N2CCC(NS(=O)(=O)c3cccs3)CC2)n2ncnc2n1. The molecule has 0 spiro atoms. The van der Waals surface area contributed by atoms with Gasteiger partial charge in [-0.05, 0) is 31.2 Å². The summed E-state index contributed by atoms with van der Waals surface area (Å²) >= 11 is 1.23. The van der Waals surface area contributed by atoms with Crippen LogP contribution in [0.15, 0.2) is 34.1 Å². The third kappa shape index (κ3) is 3.24. The summed E-state index contributed by atoms with van der Waals surface area (Å²) in [7, 11) is -3.42. The number of rotatable bonds is 4. The molecule has 0 radical (unpaired) electrons. The number of aryl methyl sites for hydroxylation is 1. The van der Waals surface area contributed by atoms with E-state index in [2.05, 4.69) is 24.7 Å². The van der Waals surface area contributed by atoms with Gasteiger partial charge in [0.05, 0.1) is 0 Å². The number of hydrogen-bond donors (Lipinski definition) is 1. The Hall–Kier alpha value is -2.04. The molecule has 8 nitrogen and oxygen atoms in total. The van der Waals surface area contributed by atoms with E-state index in [4.69, 9.17) is 0 Å². The molecule has 10 heteroatoms. The predicted octanol–water partition coefficient (Wildman–Crippen LogP) is 1.44. The molecule has 3 aromatic rings. The van der Waals surface area contributed by atoms with Gasteiger partial charge in [-0.15, -0.1) is 11.3 Å². The van der Waals surface area contributed by atoms with Crippen LogP contribution in [0.2, 0.25) is 0 Å². The molecule has 4 rings (SSSR count). The van der Waals surface area contributed by atoms with Gasteiger partial charge in [-0.2, -0.15) is 14.6 Å². The number of fused-ring (bicyclic) bond motifs is 1. The first-order valence-corrected chi connectivity index (χ1v) is 10.4. The maximum absolute atomic E-state index is 12.4. The van der Waals surface area contributed by atoms with Crippen molar-refractivity contribution in [3.05, 3.63) is 35.6 Å². The lowest BCUT2D eigenvalue weighted by molar-refractivity contribution is 0.457. The van der Waals surface area contributed by atoms with Crippen molar-refractivity contribution in [3.8, 4) is 0 Å². The molecule has 0 atom stereocenters. The summed E-state index contributed by atoms with van der Waals surface area (Å²) < 4.78 is 29.6. The number of nitrogens with one attached hydrogen (secondary N) is 1. The lowest BCUT2D eigenvalue weighted by Gasteiger charge is -2.33. The van der Waals surface area contributed by atoms with Crippen molar-refractivity contribution in [2.45, 2.75) is 30.0 Å². The molecule has 3 aromatic heterocycles. The molecule has 1 fully saturated rings. The van der Waals surface area contributed by atoms with E-state index in [0.29, 0.717) is 9.99 Å². The largest absolute Gasteiger partial charge is 0.356 e. The molecule has 1 saturated heterocycles. The highest BCUT2D eigenvalue weighted by atomic mass is 32.2. The molecule has 25 heavy (non-hydrogen) atoms. The van der Waals surface area contributed by atoms with Gasteiger partial charge < -0.3 is 4.90 Å². The van der Waals surface area contributed by atoms with E-state index in [-0.39, 0.29) is 6.04 Å². The third-order valence-electron chi connectivity index (χ3n) is 4.26. The summed E-state index contributed by atoms with van der Waals surface area (Å²) in [5, 5.41) is 6.01. The fourth-order valence-electron chi connectivity index (χ4n) is 3.06. The van der Waals surface area contributed by atoms with E-state index in [1.54, 1.807) is 22.0 Å². The summed E-state index contributed by atoms with van der Waals surface area (Å²) in [6.45, 7) is 3.42. The quantitative estimate of drug-likeness (QED) is 0.739. The highest BCUT2D eigenvalue weighted by Crippen LogP contribution is 2.23. The van der Waals surface area contributed by atoms with E-state index in [1.165, 1.54) is 17.7 Å². The van der Waals surface area contributed by atoms with Crippen LogP contribution in [0, 0.1) is 6.92 Å². The second-order valence-electron chi connectivity index (χ2n) is 6.04. The Kier molecular flexibility index (Phi) is 4.18. The zero-order valence-electron chi connectivity index (χ0n) is 13.7. The topological polar surface area (TPSA) is 92.5 Å². The first-order chi connectivity index (χ1) is 12.0. The van der Waals surface area contributed by atoms with Crippen molar-refractivity contribution in [2.75, 3.05) is 18.0 Å². The number of aromatic nitrogens is 4. The minimum absolute atomic E-state index is 0.0579. The van der Waals surface area contributed by atoms with Gasteiger partial charge >= 0.3 is 0 Å². The van der Waals surface area contributed by atoms with Gasteiger partial charge in [0.2, 0.25) is 10.0 Å². The Bertz CT molecular complexity index is 975. The Labute approximate surface area is 149 Å². The maximum atomic E-state index is 12.4. The van der Waals surface area contributed by atoms with E-state index >= 15 is 0 Å². The van der Waals surface area contributed by atoms with Gasteiger partial charge in [0, 0.05) is 30.9 Å². The van der Waals surface area contributed by atoms with Crippen molar-refractivity contribution in [1.82, 2.24) is 24.3 Å². The molecular formula is C15H18N6O2S2. The average molecular weight is 378 g/mol. The van der Waals surface area contributed by atoms with Gasteiger partial charge in [-0.1, -0.05) is 6.07 Å². The molecule has 1 N–H and O–H groups in total. The van der Waals surface area contributed by atoms with Crippen LogP contribution in [-0.4, -0.2) is 47.1 Å². The van der Waals surface area contributed by atoms with Crippen LogP contribution >= 0.6 is 11.3 Å². The van der Waals surface area contributed by atoms with Crippen LogP contribution in [0.1, 0.15) is 18.5 Å². The van der Waals surface area contributed by atoms with Crippen LogP contribution in [0.25, 0.3) is 5.78 Å². The van der Waals surface area contributed by atoms with Crippen LogP contribution < -0.4 is 9.62 Å². The van der Waals surface area contributed by atoms with Crippen molar-refractivity contribution in [3.63, 3.8) is 0 Å². The summed E-state index contributed by atoms with van der Waals surface area (Å²) in [5.41, 5.74) is 0.885. The number of sulfonamides is 1. The normalized spacial score (nSPS) is 16.6. The number of thiophene rings is 1. The molecule has 4 heterocycles.